The number of hydrogen-bond acceptors (Lipinski definition) is 2. The molecule has 2 aliphatic rings. The first-order chi connectivity index (χ1) is 9.65. The number of likely N-dealkylation sites (N-methyl/N-ethyl adjacent to an activating group) is 1. The van der Waals surface area contributed by atoms with Crippen molar-refractivity contribution in [1.82, 2.24) is 4.90 Å². The van der Waals surface area contributed by atoms with E-state index in [0.717, 1.165) is 24.4 Å². The summed E-state index contributed by atoms with van der Waals surface area (Å²) in [6.07, 6.45) is 13.8. The first-order valence-electron chi connectivity index (χ1n) is 9.08. The Hall–Kier alpha value is -0.0800. The molecule has 2 aliphatic carbocycles. The summed E-state index contributed by atoms with van der Waals surface area (Å²) in [5, 5.41) is 0. The highest BCUT2D eigenvalue weighted by Crippen LogP contribution is 2.40. The summed E-state index contributed by atoms with van der Waals surface area (Å²) in [4.78, 5) is 2.71. The van der Waals surface area contributed by atoms with Gasteiger partial charge in [-0.1, -0.05) is 26.7 Å². The molecule has 0 saturated heterocycles. The summed E-state index contributed by atoms with van der Waals surface area (Å²) in [7, 11) is 2.37. The minimum absolute atomic E-state index is 0.315. The molecule has 0 aromatic carbocycles. The molecule has 0 heterocycles. The Bertz CT molecular complexity index is 273. The predicted octanol–water partition coefficient (Wildman–Crippen LogP) is 4.18. The van der Waals surface area contributed by atoms with E-state index in [0.29, 0.717) is 5.54 Å². The minimum Gasteiger partial charge on any atom is -0.329 e. The van der Waals surface area contributed by atoms with Crippen molar-refractivity contribution >= 4 is 0 Å². The Morgan fingerprint density at radius 2 is 1.40 bits per heavy atom. The molecule has 2 nitrogen and oxygen atoms in total. The Kier molecular flexibility index (Phi) is 5.92. The van der Waals surface area contributed by atoms with Gasteiger partial charge in [0.15, 0.2) is 0 Å². The van der Waals surface area contributed by atoms with E-state index in [1.54, 1.807) is 0 Å². The third kappa shape index (κ3) is 3.39. The maximum Gasteiger partial charge on any atom is 0.0331 e. The van der Waals surface area contributed by atoms with Crippen LogP contribution in [-0.4, -0.2) is 30.1 Å². The zero-order valence-electron chi connectivity index (χ0n) is 14.0. The molecular weight excluding hydrogens is 244 g/mol. The van der Waals surface area contributed by atoms with E-state index in [9.17, 15) is 0 Å². The van der Waals surface area contributed by atoms with E-state index in [2.05, 4.69) is 25.8 Å². The summed E-state index contributed by atoms with van der Waals surface area (Å²) in [6, 6.07) is 0.791. The van der Waals surface area contributed by atoms with Gasteiger partial charge in [-0.2, -0.15) is 0 Å². The molecule has 2 saturated carbocycles. The zero-order valence-corrected chi connectivity index (χ0v) is 14.0. The molecular formula is C18H36N2. The van der Waals surface area contributed by atoms with Crippen LogP contribution in [0.4, 0.5) is 0 Å². The molecule has 2 fully saturated rings. The maximum absolute atomic E-state index is 6.24. The van der Waals surface area contributed by atoms with Crippen molar-refractivity contribution in [3.8, 4) is 0 Å². The zero-order chi connectivity index (χ0) is 14.6. The largest absolute Gasteiger partial charge is 0.329 e. The van der Waals surface area contributed by atoms with E-state index < -0.39 is 0 Å². The molecule has 118 valence electrons. The molecule has 0 aromatic heterocycles. The predicted molar refractivity (Wildman–Crippen MR) is 87.8 cm³/mol. The molecule has 0 bridgehead atoms. The third-order valence-electron chi connectivity index (χ3n) is 6.68. The smallest absolute Gasteiger partial charge is 0.0331 e. The van der Waals surface area contributed by atoms with Gasteiger partial charge in [-0.3, -0.25) is 4.90 Å². The topological polar surface area (TPSA) is 29.3 Å². The van der Waals surface area contributed by atoms with Gasteiger partial charge in [-0.25, -0.2) is 0 Å². The van der Waals surface area contributed by atoms with Gasteiger partial charge in [0.1, 0.15) is 0 Å². The highest BCUT2D eigenvalue weighted by Gasteiger charge is 2.40. The van der Waals surface area contributed by atoms with Crippen LogP contribution in [0.25, 0.3) is 0 Å². The van der Waals surface area contributed by atoms with Gasteiger partial charge in [0, 0.05) is 18.1 Å². The van der Waals surface area contributed by atoms with E-state index >= 15 is 0 Å². The van der Waals surface area contributed by atoms with Gasteiger partial charge in [-0.05, 0) is 70.3 Å². The monoisotopic (exact) mass is 280 g/mol. The van der Waals surface area contributed by atoms with Crippen molar-refractivity contribution in [2.75, 3.05) is 13.6 Å². The summed E-state index contributed by atoms with van der Waals surface area (Å²) in [5.41, 5.74) is 6.56. The van der Waals surface area contributed by atoms with Gasteiger partial charge in [0.05, 0.1) is 0 Å². The van der Waals surface area contributed by atoms with Gasteiger partial charge < -0.3 is 5.73 Å². The van der Waals surface area contributed by atoms with Gasteiger partial charge in [-0.15, -0.1) is 0 Å². The van der Waals surface area contributed by atoms with Crippen molar-refractivity contribution in [1.29, 1.82) is 0 Å². The Morgan fingerprint density at radius 1 is 0.900 bits per heavy atom. The van der Waals surface area contributed by atoms with Crippen molar-refractivity contribution in [2.24, 2.45) is 17.6 Å². The standard InChI is InChI=1S/C18H36N2/c1-4-15-6-8-17(9-7-15)20(3)18(14-19)12-10-16(5-2)11-13-18/h15-17H,4-14,19H2,1-3H3. The normalized spacial score (nSPS) is 39.1. The van der Waals surface area contributed by atoms with E-state index in [4.69, 9.17) is 5.73 Å². The molecule has 0 aliphatic heterocycles. The van der Waals surface area contributed by atoms with Crippen LogP contribution < -0.4 is 5.73 Å². The van der Waals surface area contributed by atoms with Crippen LogP contribution in [-0.2, 0) is 0 Å². The Labute approximate surface area is 126 Å². The van der Waals surface area contributed by atoms with Gasteiger partial charge in [0.25, 0.3) is 0 Å². The molecule has 0 atom stereocenters. The average molecular weight is 280 g/mol. The molecule has 20 heavy (non-hydrogen) atoms. The molecule has 0 unspecified atom stereocenters. The molecule has 2 rings (SSSR count). The lowest BCUT2D eigenvalue weighted by molar-refractivity contribution is 0.0112. The van der Waals surface area contributed by atoms with Crippen LogP contribution in [0, 0.1) is 11.8 Å². The molecule has 2 N–H and O–H groups in total. The number of nitrogens with two attached hydrogens (primary N) is 1. The first-order valence-corrected chi connectivity index (χ1v) is 9.08. The summed E-state index contributed by atoms with van der Waals surface area (Å²) in [6.45, 7) is 5.55. The average Bonchev–Trinajstić information content (AvgIpc) is 2.54. The van der Waals surface area contributed by atoms with E-state index in [1.807, 2.05) is 0 Å². The second-order valence-electron chi connectivity index (χ2n) is 7.47. The van der Waals surface area contributed by atoms with Crippen LogP contribution in [0.1, 0.15) is 78.1 Å². The first kappa shape index (κ1) is 16.3. The van der Waals surface area contributed by atoms with E-state index in [1.165, 1.54) is 64.2 Å². The van der Waals surface area contributed by atoms with Crippen LogP contribution in [0.5, 0.6) is 0 Å². The fraction of sp³-hybridized carbons (Fsp3) is 1.00. The highest BCUT2D eigenvalue weighted by atomic mass is 15.2. The fourth-order valence-corrected chi connectivity index (χ4v) is 4.65. The van der Waals surface area contributed by atoms with Crippen LogP contribution in [0.15, 0.2) is 0 Å². The molecule has 0 aromatic rings. The van der Waals surface area contributed by atoms with Gasteiger partial charge >= 0.3 is 0 Å². The molecule has 0 radical (unpaired) electrons. The highest BCUT2D eigenvalue weighted by molar-refractivity contribution is 4.97. The maximum atomic E-state index is 6.24. The second-order valence-corrected chi connectivity index (χ2v) is 7.47. The minimum atomic E-state index is 0.315. The van der Waals surface area contributed by atoms with Crippen LogP contribution in [0.3, 0.4) is 0 Å². The van der Waals surface area contributed by atoms with Crippen molar-refractivity contribution in [3.05, 3.63) is 0 Å². The van der Waals surface area contributed by atoms with Crippen molar-refractivity contribution in [2.45, 2.75) is 89.6 Å². The van der Waals surface area contributed by atoms with Crippen molar-refractivity contribution < 1.29 is 0 Å². The summed E-state index contributed by atoms with van der Waals surface area (Å²) >= 11 is 0. The molecule has 2 heteroatoms. The van der Waals surface area contributed by atoms with Crippen molar-refractivity contribution in [3.63, 3.8) is 0 Å². The lowest BCUT2D eigenvalue weighted by Gasteiger charge is -2.50. The lowest BCUT2D eigenvalue weighted by atomic mass is 9.73. The fourth-order valence-electron chi connectivity index (χ4n) is 4.65. The number of rotatable bonds is 5. The van der Waals surface area contributed by atoms with Gasteiger partial charge in [0.2, 0.25) is 0 Å². The molecule has 0 spiro atoms. The third-order valence-corrected chi connectivity index (χ3v) is 6.68. The van der Waals surface area contributed by atoms with Crippen LogP contribution >= 0.6 is 0 Å². The SMILES string of the molecule is CCC1CCC(N(C)C2(CN)CCC(CC)CC2)CC1. The molecule has 0 amide bonds. The second kappa shape index (κ2) is 7.26. The Morgan fingerprint density at radius 3 is 1.85 bits per heavy atom. The van der Waals surface area contributed by atoms with E-state index in [-0.39, 0.29) is 0 Å². The van der Waals surface area contributed by atoms with Crippen LogP contribution in [0.2, 0.25) is 0 Å². The summed E-state index contributed by atoms with van der Waals surface area (Å²) in [5.74, 6) is 1.95. The number of hydrogen-bond donors (Lipinski definition) is 1. The Balaban J connectivity index is 1.94. The summed E-state index contributed by atoms with van der Waals surface area (Å²) < 4.78 is 0. The lowest BCUT2D eigenvalue weighted by Crippen LogP contribution is -2.58. The quantitative estimate of drug-likeness (QED) is 0.818. The number of nitrogens with zero attached hydrogens (tertiary/aromatic N) is 1.